The third-order valence-corrected chi connectivity index (χ3v) is 2.80. The van der Waals surface area contributed by atoms with Crippen molar-refractivity contribution < 1.29 is 0 Å². The molecule has 2 atom stereocenters. The summed E-state index contributed by atoms with van der Waals surface area (Å²) in [6.07, 6.45) is 3.82. The van der Waals surface area contributed by atoms with E-state index in [0.717, 1.165) is 6.54 Å². The third-order valence-electron chi connectivity index (χ3n) is 2.80. The van der Waals surface area contributed by atoms with E-state index in [1.165, 1.54) is 19.3 Å². The highest BCUT2D eigenvalue weighted by Gasteiger charge is 2.24. The van der Waals surface area contributed by atoms with E-state index in [-0.39, 0.29) is 6.04 Å². The van der Waals surface area contributed by atoms with Gasteiger partial charge in [0.05, 0.1) is 6.04 Å². The molecule has 0 amide bonds. The predicted octanol–water partition coefficient (Wildman–Crippen LogP) is 1.19. The van der Waals surface area contributed by atoms with Gasteiger partial charge in [0.25, 0.3) is 0 Å². The number of likely N-dealkylation sites (tertiary alicyclic amines) is 1. The molecule has 0 aromatic carbocycles. The molecule has 1 heterocycles. The largest absolute Gasteiger partial charge is 0.386 e. The Labute approximate surface area is 74.4 Å². The number of nitrogens with zero attached hydrogens (tertiary/aromatic N) is 1. The van der Waals surface area contributed by atoms with Crippen LogP contribution < -0.4 is 5.73 Å². The molecule has 3 N–H and O–H groups in total. The lowest BCUT2D eigenvalue weighted by Gasteiger charge is -2.37. The van der Waals surface area contributed by atoms with Crippen LogP contribution in [0.25, 0.3) is 0 Å². The molecular formula is C9H19N3. The van der Waals surface area contributed by atoms with E-state index in [1.807, 2.05) is 6.92 Å². The maximum Gasteiger partial charge on any atom is 0.108 e. The lowest BCUT2D eigenvalue weighted by Crippen LogP contribution is -2.49. The quantitative estimate of drug-likeness (QED) is 0.482. The molecule has 2 unspecified atom stereocenters. The number of rotatable bonds is 2. The predicted molar refractivity (Wildman–Crippen MR) is 51.4 cm³/mol. The van der Waals surface area contributed by atoms with Crippen molar-refractivity contribution in [3.05, 3.63) is 0 Å². The first-order chi connectivity index (χ1) is 5.63. The normalized spacial score (nSPS) is 28.3. The number of nitrogens with two attached hydrogens (primary N) is 1. The van der Waals surface area contributed by atoms with Gasteiger partial charge in [-0.25, -0.2) is 0 Å². The fraction of sp³-hybridized carbons (Fsp3) is 0.889. The first-order valence-electron chi connectivity index (χ1n) is 4.72. The maximum atomic E-state index is 7.36. The summed E-state index contributed by atoms with van der Waals surface area (Å²) in [7, 11) is 0. The summed E-state index contributed by atoms with van der Waals surface area (Å²) < 4.78 is 0. The van der Waals surface area contributed by atoms with Gasteiger partial charge in [0.15, 0.2) is 0 Å². The van der Waals surface area contributed by atoms with Crippen molar-refractivity contribution in [2.45, 2.75) is 45.2 Å². The Hall–Kier alpha value is -0.570. The average molecular weight is 169 g/mol. The molecule has 0 aliphatic carbocycles. The lowest BCUT2D eigenvalue weighted by molar-refractivity contribution is 0.144. The molecule has 1 aliphatic heterocycles. The van der Waals surface area contributed by atoms with E-state index in [9.17, 15) is 0 Å². The van der Waals surface area contributed by atoms with Crippen molar-refractivity contribution in [3.63, 3.8) is 0 Å². The van der Waals surface area contributed by atoms with Gasteiger partial charge in [-0.1, -0.05) is 6.42 Å². The van der Waals surface area contributed by atoms with Gasteiger partial charge in [-0.3, -0.25) is 10.3 Å². The Bertz CT molecular complexity index is 167. The number of nitrogens with one attached hydrogen (secondary N) is 1. The molecule has 70 valence electrons. The van der Waals surface area contributed by atoms with Gasteiger partial charge >= 0.3 is 0 Å². The van der Waals surface area contributed by atoms with Crippen LogP contribution in [0.1, 0.15) is 33.1 Å². The molecule has 3 heteroatoms. The molecule has 0 spiro atoms. The van der Waals surface area contributed by atoms with Gasteiger partial charge in [0, 0.05) is 6.04 Å². The summed E-state index contributed by atoms with van der Waals surface area (Å²) in [5.74, 6) is 0.295. The van der Waals surface area contributed by atoms with Gasteiger partial charge in [-0.2, -0.15) is 0 Å². The fourth-order valence-electron chi connectivity index (χ4n) is 1.87. The summed E-state index contributed by atoms with van der Waals surface area (Å²) in [4.78, 5) is 2.33. The molecule has 0 saturated carbocycles. The number of hydrogen-bond acceptors (Lipinski definition) is 2. The standard InChI is InChI=1S/C9H19N3/c1-7-5-3-4-6-12(7)8(2)9(10)11/h7-8H,3-6H2,1-2H3,(H3,10,11). The topological polar surface area (TPSA) is 53.1 Å². The SMILES string of the molecule is CC1CCCCN1C(C)C(=N)N. The first-order valence-corrected chi connectivity index (χ1v) is 4.72. The Morgan fingerprint density at radius 2 is 2.25 bits per heavy atom. The van der Waals surface area contributed by atoms with E-state index in [0.29, 0.717) is 11.9 Å². The van der Waals surface area contributed by atoms with Crippen LogP contribution in [0.2, 0.25) is 0 Å². The van der Waals surface area contributed by atoms with Crippen LogP contribution in [0, 0.1) is 5.41 Å². The van der Waals surface area contributed by atoms with E-state index in [4.69, 9.17) is 11.1 Å². The molecule has 3 nitrogen and oxygen atoms in total. The summed E-state index contributed by atoms with van der Waals surface area (Å²) in [6.45, 7) is 5.34. The molecule has 1 aliphatic rings. The molecule has 1 fully saturated rings. The Balaban J connectivity index is 2.53. The molecule has 1 saturated heterocycles. The average Bonchev–Trinajstić information content (AvgIpc) is 2.04. The summed E-state index contributed by atoms with van der Waals surface area (Å²) in [6, 6.07) is 0.720. The van der Waals surface area contributed by atoms with Crippen LogP contribution in [0.4, 0.5) is 0 Å². The van der Waals surface area contributed by atoms with Crippen LogP contribution in [0.3, 0.4) is 0 Å². The number of piperidine rings is 1. The summed E-state index contributed by atoms with van der Waals surface area (Å²) >= 11 is 0. The zero-order valence-electron chi connectivity index (χ0n) is 8.01. The number of amidine groups is 1. The second-order valence-electron chi connectivity index (χ2n) is 3.71. The third kappa shape index (κ3) is 1.97. The van der Waals surface area contributed by atoms with Gasteiger partial charge in [0.1, 0.15) is 5.84 Å². The van der Waals surface area contributed by atoms with Crippen molar-refractivity contribution in [1.82, 2.24) is 4.90 Å². The van der Waals surface area contributed by atoms with E-state index >= 15 is 0 Å². The van der Waals surface area contributed by atoms with Crippen molar-refractivity contribution in [1.29, 1.82) is 5.41 Å². The Morgan fingerprint density at radius 3 is 2.75 bits per heavy atom. The fourth-order valence-corrected chi connectivity index (χ4v) is 1.87. The molecule has 1 rings (SSSR count). The second-order valence-corrected chi connectivity index (χ2v) is 3.71. The van der Waals surface area contributed by atoms with E-state index < -0.39 is 0 Å². The van der Waals surface area contributed by atoms with Crippen LogP contribution in [0.5, 0.6) is 0 Å². The van der Waals surface area contributed by atoms with Crippen LogP contribution in [0.15, 0.2) is 0 Å². The zero-order chi connectivity index (χ0) is 9.14. The molecule has 12 heavy (non-hydrogen) atoms. The van der Waals surface area contributed by atoms with Gasteiger partial charge in [-0.05, 0) is 33.2 Å². The van der Waals surface area contributed by atoms with Crippen LogP contribution >= 0.6 is 0 Å². The maximum absolute atomic E-state index is 7.36. The van der Waals surface area contributed by atoms with Crippen LogP contribution in [-0.2, 0) is 0 Å². The summed E-state index contributed by atoms with van der Waals surface area (Å²) in [5, 5.41) is 7.36. The molecule has 0 bridgehead atoms. The van der Waals surface area contributed by atoms with Crippen molar-refractivity contribution in [3.8, 4) is 0 Å². The van der Waals surface area contributed by atoms with E-state index in [1.54, 1.807) is 0 Å². The molecule has 0 aromatic heterocycles. The van der Waals surface area contributed by atoms with Crippen LogP contribution in [-0.4, -0.2) is 29.4 Å². The van der Waals surface area contributed by atoms with Crippen molar-refractivity contribution in [2.24, 2.45) is 5.73 Å². The monoisotopic (exact) mass is 169 g/mol. The highest BCUT2D eigenvalue weighted by molar-refractivity contribution is 5.82. The minimum absolute atomic E-state index is 0.125. The highest BCUT2D eigenvalue weighted by atomic mass is 15.2. The minimum Gasteiger partial charge on any atom is -0.386 e. The Morgan fingerprint density at radius 1 is 1.58 bits per heavy atom. The van der Waals surface area contributed by atoms with Gasteiger partial charge in [0.2, 0.25) is 0 Å². The van der Waals surface area contributed by atoms with Gasteiger partial charge < -0.3 is 5.73 Å². The smallest absolute Gasteiger partial charge is 0.108 e. The Kier molecular flexibility index (Phi) is 3.09. The highest BCUT2D eigenvalue weighted by Crippen LogP contribution is 2.18. The minimum atomic E-state index is 0.125. The second kappa shape index (κ2) is 3.90. The van der Waals surface area contributed by atoms with Crippen molar-refractivity contribution >= 4 is 5.84 Å². The van der Waals surface area contributed by atoms with Gasteiger partial charge in [-0.15, -0.1) is 0 Å². The van der Waals surface area contributed by atoms with E-state index in [2.05, 4.69) is 11.8 Å². The molecule has 0 aromatic rings. The summed E-state index contributed by atoms with van der Waals surface area (Å²) in [5.41, 5.74) is 5.47. The zero-order valence-corrected chi connectivity index (χ0v) is 8.01. The molecular weight excluding hydrogens is 150 g/mol. The first kappa shape index (κ1) is 9.52. The number of hydrogen-bond donors (Lipinski definition) is 2. The lowest BCUT2D eigenvalue weighted by atomic mass is 10.0. The van der Waals surface area contributed by atoms with Crippen molar-refractivity contribution in [2.75, 3.05) is 6.54 Å². The molecule has 0 radical (unpaired) electrons.